The minimum Gasteiger partial charge on any atom is -0.391 e. The van der Waals surface area contributed by atoms with Crippen LogP contribution in [-0.2, 0) is 6.42 Å². The molecule has 0 amide bonds. The number of nitrogens with one attached hydrogen (secondary N) is 2. The SMILES string of the molecule is OCC[NH+]1CC[NH+]([C@@H]2Cc3cc(Cl)ccc3Sc3ccc(Cl)cc32)CC1. The minimum absolute atomic E-state index is 0.273. The molecule has 0 spiro atoms. The second-order valence-corrected chi connectivity index (χ2v) is 9.13. The number of hydrogen-bond acceptors (Lipinski definition) is 2. The molecule has 26 heavy (non-hydrogen) atoms. The Labute approximate surface area is 168 Å². The van der Waals surface area contributed by atoms with Gasteiger partial charge in [0.2, 0.25) is 0 Å². The van der Waals surface area contributed by atoms with Crippen LogP contribution in [0.3, 0.4) is 0 Å². The van der Waals surface area contributed by atoms with Gasteiger partial charge in [-0.1, -0.05) is 35.0 Å². The lowest BCUT2D eigenvalue weighted by Crippen LogP contribution is -3.28. The molecule has 3 nitrogen and oxygen atoms in total. The molecule has 1 saturated heterocycles. The summed E-state index contributed by atoms with van der Waals surface area (Å²) in [5, 5.41) is 10.8. The van der Waals surface area contributed by atoms with Gasteiger partial charge in [-0.3, -0.25) is 0 Å². The van der Waals surface area contributed by atoms with Gasteiger partial charge >= 0.3 is 0 Å². The molecule has 4 rings (SSSR count). The Morgan fingerprint density at radius 2 is 1.65 bits per heavy atom. The van der Waals surface area contributed by atoms with Crippen LogP contribution < -0.4 is 9.80 Å². The van der Waals surface area contributed by atoms with Gasteiger partial charge in [-0.05, 0) is 42.0 Å². The first kappa shape index (κ1) is 18.6. The zero-order valence-corrected chi connectivity index (χ0v) is 16.9. The number of hydrogen-bond donors (Lipinski definition) is 3. The lowest BCUT2D eigenvalue weighted by Gasteiger charge is -2.34. The van der Waals surface area contributed by atoms with Crippen molar-refractivity contribution < 1.29 is 14.9 Å². The van der Waals surface area contributed by atoms with E-state index in [0.717, 1.165) is 49.2 Å². The number of quaternary nitrogens is 2. The van der Waals surface area contributed by atoms with Crippen LogP contribution >= 0.6 is 35.0 Å². The maximum absolute atomic E-state index is 9.21. The van der Waals surface area contributed by atoms with E-state index < -0.39 is 0 Å². The summed E-state index contributed by atoms with van der Waals surface area (Å²) in [4.78, 5) is 5.72. The first-order valence-electron chi connectivity index (χ1n) is 9.19. The highest BCUT2D eigenvalue weighted by Crippen LogP contribution is 2.41. The number of rotatable bonds is 3. The minimum atomic E-state index is 0.273. The molecular formula is C20H24Cl2N2OS+2. The number of benzene rings is 2. The van der Waals surface area contributed by atoms with Crippen molar-refractivity contribution in [3.05, 3.63) is 57.6 Å². The average molecular weight is 411 g/mol. The van der Waals surface area contributed by atoms with Crippen molar-refractivity contribution in [3.63, 3.8) is 0 Å². The molecule has 3 N–H and O–H groups in total. The highest BCUT2D eigenvalue weighted by molar-refractivity contribution is 7.99. The van der Waals surface area contributed by atoms with Crippen molar-refractivity contribution in [1.82, 2.24) is 0 Å². The molecule has 2 aliphatic heterocycles. The van der Waals surface area contributed by atoms with Gasteiger partial charge in [0.15, 0.2) is 0 Å². The van der Waals surface area contributed by atoms with Crippen LogP contribution in [-0.4, -0.2) is 44.4 Å². The van der Waals surface area contributed by atoms with Crippen molar-refractivity contribution in [3.8, 4) is 0 Å². The van der Waals surface area contributed by atoms with Crippen molar-refractivity contribution >= 4 is 35.0 Å². The molecule has 138 valence electrons. The summed E-state index contributed by atoms with van der Waals surface area (Å²) in [5.74, 6) is 0. The van der Waals surface area contributed by atoms with E-state index in [9.17, 15) is 5.11 Å². The van der Waals surface area contributed by atoms with E-state index in [1.807, 2.05) is 23.9 Å². The van der Waals surface area contributed by atoms with Crippen LogP contribution in [0.25, 0.3) is 0 Å². The molecule has 2 heterocycles. The van der Waals surface area contributed by atoms with Crippen LogP contribution in [0.1, 0.15) is 17.2 Å². The summed E-state index contributed by atoms with van der Waals surface area (Å²) in [5.41, 5.74) is 2.69. The molecule has 2 aromatic rings. The number of aliphatic hydroxyl groups is 1. The molecular weight excluding hydrogens is 387 g/mol. The van der Waals surface area contributed by atoms with Crippen molar-refractivity contribution in [2.45, 2.75) is 22.3 Å². The Balaban J connectivity index is 1.67. The van der Waals surface area contributed by atoms with Gasteiger partial charge in [-0.15, -0.1) is 0 Å². The average Bonchev–Trinajstić information content (AvgIpc) is 2.79. The lowest BCUT2D eigenvalue weighted by molar-refractivity contribution is -1.03. The topological polar surface area (TPSA) is 29.1 Å². The summed E-state index contributed by atoms with van der Waals surface area (Å²) in [6.45, 7) is 5.58. The van der Waals surface area contributed by atoms with E-state index in [1.54, 1.807) is 4.90 Å². The largest absolute Gasteiger partial charge is 0.391 e. The fourth-order valence-electron chi connectivity index (χ4n) is 4.19. The quantitative estimate of drug-likeness (QED) is 0.715. The Hall–Kier alpha value is -0.750. The second kappa shape index (κ2) is 8.09. The molecule has 0 radical (unpaired) electrons. The van der Waals surface area contributed by atoms with Crippen molar-refractivity contribution in [2.75, 3.05) is 39.3 Å². The Bertz CT molecular complexity index is 793. The smallest absolute Gasteiger partial charge is 0.128 e. The predicted octanol–water partition coefficient (Wildman–Crippen LogP) is 1.52. The third kappa shape index (κ3) is 3.91. The Kier molecular flexibility index (Phi) is 5.79. The molecule has 2 aliphatic rings. The van der Waals surface area contributed by atoms with Crippen LogP contribution in [0, 0.1) is 0 Å². The van der Waals surface area contributed by atoms with E-state index in [2.05, 4.69) is 24.3 Å². The van der Waals surface area contributed by atoms with E-state index in [1.165, 1.54) is 25.8 Å². The zero-order valence-electron chi connectivity index (χ0n) is 14.6. The van der Waals surface area contributed by atoms with E-state index >= 15 is 0 Å². The first-order valence-corrected chi connectivity index (χ1v) is 10.8. The van der Waals surface area contributed by atoms with Crippen molar-refractivity contribution in [1.29, 1.82) is 0 Å². The monoisotopic (exact) mass is 410 g/mol. The molecule has 2 aromatic carbocycles. The highest BCUT2D eigenvalue weighted by Gasteiger charge is 2.34. The summed E-state index contributed by atoms with van der Waals surface area (Å²) < 4.78 is 0. The van der Waals surface area contributed by atoms with E-state index in [4.69, 9.17) is 23.2 Å². The van der Waals surface area contributed by atoms with Gasteiger partial charge in [0.25, 0.3) is 0 Å². The first-order chi connectivity index (χ1) is 12.6. The fourth-order valence-corrected chi connectivity index (χ4v) is 5.66. The van der Waals surface area contributed by atoms with Gasteiger partial charge in [0.1, 0.15) is 38.8 Å². The van der Waals surface area contributed by atoms with Crippen LogP contribution in [0.2, 0.25) is 10.0 Å². The van der Waals surface area contributed by atoms with Crippen LogP contribution in [0.4, 0.5) is 0 Å². The van der Waals surface area contributed by atoms with E-state index in [0.29, 0.717) is 6.04 Å². The number of aliphatic hydroxyl groups excluding tert-OH is 1. The predicted molar refractivity (Wildman–Crippen MR) is 107 cm³/mol. The van der Waals surface area contributed by atoms with Crippen LogP contribution in [0.15, 0.2) is 46.2 Å². The standard InChI is InChI=1S/C20H22Cl2N2OS/c21-15-1-3-19-14(11-15)12-18(17-13-16(22)2-4-20(17)26-19)24-7-5-23(6-8-24)9-10-25/h1-4,11,13,18,25H,5-10,12H2/p+2/t18-/m1/s1. The zero-order chi connectivity index (χ0) is 18.1. The van der Waals surface area contributed by atoms with Gasteiger partial charge in [-0.2, -0.15) is 0 Å². The molecule has 1 fully saturated rings. The van der Waals surface area contributed by atoms with Crippen LogP contribution in [0.5, 0.6) is 0 Å². The molecule has 0 unspecified atom stereocenters. The molecule has 1 atom stereocenters. The number of piperazine rings is 1. The molecule has 0 bridgehead atoms. The summed E-state index contributed by atoms with van der Waals surface area (Å²) >= 11 is 14.5. The van der Waals surface area contributed by atoms with E-state index in [-0.39, 0.29) is 6.61 Å². The third-order valence-electron chi connectivity index (χ3n) is 5.57. The van der Waals surface area contributed by atoms with Gasteiger partial charge < -0.3 is 14.9 Å². The Morgan fingerprint density at radius 3 is 2.38 bits per heavy atom. The summed E-state index contributed by atoms with van der Waals surface area (Å²) in [6, 6.07) is 12.9. The highest BCUT2D eigenvalue weighted by atomic mass is 35.5. The lowest BCUT2D eigenvalue weighted by atomic mass is 9.96. The molecule has 0 saturated carbocycles. The van der Waals surface area contributed by atoms with Crippen molar-refractivity contribution in [2.24, 2.45) is 0 Å². The summed E-state index contributed by atoms with van der Waals surface area (Å²) in [6.07, 6.45) is 0.987. The summed E-state index contributed by atoms with van der Waals surface area (Å²) in [7, 11) is 0. The number of halogens is 2. The fraction of sp³-hybridized carbons (Fsp3) is 0.400. The maximum Gasteiger partial charge on any atom is 0.128 e. The Morgan fingerprint density at radius 1 is 0.962 bits per heavy atom. The van der Waals surface area contributed by atoms with Gasteiger partial charge in [0.05, 0.1) is 6.61 Å². The third-order valence-corrected chi connectivity index (χ3v) is 7.25. The van der Waals surface area contributed by atoms with Gasteiger partial charge in [-0.25, -0.2) is 0 Å². The molecule has 0 aliphatic carbocycles. The molecule has 0 aromatic heterocycles. The maximum atomic E-state index is 9.21. The normalized spacial score (nSPS) is 25.3. The molecule has 6 heteroatoms. The second-order valence-electron chi connectivity index (χ2n) is 7.17. The number of fused-ring (bicyclic) bond motifs is 2. The van der Waals surface area contributed by atoms with Gasteiger partial charge in [0, 0.05) is 31.8 Å².